The summed E-state index contributed by atoms with van der Waals surface area (Å²) in [5.41, 5.74) is 5.55. The molecule has 30 heavy (non-hydrogen) atoms. The Labute approximate surface area is 178 Å². The monoisotopic (exact) mass is 402 g/mol. The SMILES string of the molecule is CC(=O)Nc1cccc(C(C)CN2CCN(c3cccc4nc(C)ccc34)CC2)c1. The standard InChI is InChI=1S/C25H30N4O/c1-18(21-6-4-7-22(16-21)27-20(3)30)17-28-12-14-29(15-13-28)25-9-5-8-24-23(25)11-10-19(2)26-24/h4-11,16,18H,12-15,17H2,1-3H3,(H,27,30). The van der Waals surface area contributed by atoms with Gasteiger partial charge in [0.25, 0.3) is 0 Å². The lowest BCUT2D eigenvalue weighted by atomic mass is 9.99. The molecule has 1 aliphatic heterocycles. The van der Waals surface area contributed by atoms with E-state index in [0.717, 1.165) is 49.6 Å². The molecule has 0 radical (unpaired) electrons. The van der Waals surface area contributed by atoms with Crippen LogP contribution in [-0.2, 0) is 4.79 Å². The Hall–Kier alpha value is -2.92. The largest absolute Gasteiger partial charge is 0.368 e. The Balaban J connectivity index is 1.39. The molecule has 1 aromatic heterocycles. The van der Waals surface area contributed by atoms with E-state index in [2.05, 4.69) is 69.5 Å². The quantitative estimate of drug-likeness (QED) is 0.686. The highest BCUT2D eigenvalue weighted by atomic mass is 16.1. The van der Waals surface area contributed by atoms with E-state index in [1.54, 1.807) is 6.92 Å². The topological polar surface area (TPSA) is 48.5 Å². The molecule has 0 bridgehead atoms. The zero-order valence-corrected chi connectivity index (χ0v) is 18.1. The molecule has 1 aliphatic rings. The minimum Gasteiger partial charge on any atom is -0.368 e. The summed E-state index contributed by atoms with van der Waals surface area (Å²) in [5.74, 6) is 0.379. The summed E-state index contributed by atoms with van der Waals surface area (Å²) in [4.78, 5) is 21.0. The van der Waals surface area contributed by atoms with Crippen molar-refractivity contribution in [1.29, 1.82) is 0 Å². The van der Waals surface area contributed by atoms with Crippen molar-refractivity contribution in [3.05, 3.63) is 65.9 Å². The van der Waals surface area contributed by atoms with Gasteiger partial charge < -0.3 is 10.2 Å². The third kappa shape index (κ3) is 4.62. The third-order valence-corrected chi connectivity index (χ3v) is 5.87. The fourth-order valence-electron chi connectivity index (χ4n) is 4.31. The first-order valence-electron chi connectivity index (χ1n) is 10.7. The van der Waals surface area contributed by atoms with Crippen LogP contribution in [0.3, 0.4) is 0 Å². The molecule has 0 saturated carbocycles. The van der Waals surface area contributed by atoms with E-state index < -0.39 is 0 Å². The maximum absolute atomic E-state index is 11.3. The second-order valence-corrected chi connectivity index (χ2v) is 8.29. The smallest absolute Gasteiger partial charge is 0.221 e. The first-order valence-corrected chi connectivity index (χ1v) is 10.7. The number of aryl methyl sites for hydroxylation is 1. The summed E-state index contributed by atoms with van der Waals surface area (Å²) in [6.07, 6.45) is 0. The van der Waals surface area contributed by atoms with Crippen LogP contribution < -0.4 is 10.2 Å². The maximum atomic E-state index is 11.3. The van der Waals surface area contributed by atoms with Crippen molar-refractivity contribution in [2.75, 3.05) is 42.9 Å². The average molecular weight is 403 g/mol. The molecule has 0 spiro atoms. The molecule has 1 amide bonds. The number of anilines is 2. The van der Waals surface area contributed by atoms with Crippen molar-refractivity contribution >= 4 is 28.2 Å². The minimum atomic E-state index is -0.0327. The summed E-state index contributed by atoms with van der Waals surface area (Å²) < 4.78 is 0. The molecule has 1 unspecified atom stereocenters. The second-order valence-electron chi connectivity index (χ2n) is 8.29. The van der Waals surface area contributed by atoms with Gasteiger partial charge in [0.05, 0.1) is 5.52 Å². The van der Waals surface area contributed by atoms with Crippen molar-refractivity contribution in [1.82, 2.24) is 9.88 Å². The van der Waals surface area contributed by atoms with E-state index in [0.29, 0.717) is 5.92 Å². The highest BCUT2D eigenvalue weighted by Gasteiger charge is 2.21. The third-order valence-electron chi connectivity index (χ3n) is 5.87. The van der Waals surface area contributed by atoms with E-state index >= 15 is 0 Å². The lowest BCUT2D eigenvalue weighted by Gasteiger charge is -2.37. The number of carbonyl (C=O) groups is 1. The number of nitrogens with zero attached hydrogens (tertiary/aromatic N) is 3. The summed E-state index contributed by atoms with van der Waals surface area (Å²) in [6.45, 7) is 11.0. The van der Waals surface area contributed by atoms with Gasteiger partial charge in [-0.15, -0.1) is 0 Å². The van der Waals surface area contributed by atoms with Crippen molar-refractivity contribution in [2.45, 2.75) is 26.7 Å². The number of nitrogens with one attached hydrogen (secondary N) is 1. The fourth-order valence-corrected chi connectivity index (χ4v) is 4.31. The van der Waals surface area contributed by atoms with Crippen molar-refractivity contribution in [3.63, 3.8) is 0 Å². The first-order chi connectivity index (χ1) is 14.5. The molecule has 2 heterocycles. The predicted molar refractivity (Wildman–Crippen MR) is 124 cm³/mol. The second kappa shape index (κ2) is 8.84. The van der Waals surface area contributed by atoms with E-state index in [9.17, 15) is 4.79 Å². The zero-order valence-electron chi connectivity index (χ0n) is 18.1. The summed E-state index contributed by atoms with van der Waals surface area (Å²) in [7, 11) is 0. The molecule has 156 valence electrons. The van der Waals surface area contributed by atoms with Gasteiger partial charge in [-0.2, -0.15) is 0 Å². The summed E-state index contributed by atoms with van der Waals surface area (Å²) >= 11 is 0. The molecule has 0 aliphatic carbocycles. The van der Waals surface area contributed by atoms with Crippen LogP contribution >= 0.6 is 0 Å². The Kier molecular flexibility index (Phi) is 6.00. The molecule has 5 nitrogen and oxygen atoms in total. The summed E-state index contributed by atoms with van der Waals surface area (Å²) in [6, 6.07) is 18.9. The molecule has 5 heteroatoms. The van der Waals surface area contributed by atoms with E-state index in [1.807, 2.05) is 19.1 Å². The Morgan fingerprint density at radius 2 is 1.83 bits per heavy atom. The van der Waals surface area contributed by atoms with Gasteiger partial charge in [-0.3, -0.25) is 14.7 Å². The van der Waals surface area contributed by atoms with Crippen LogP contribution in [0.4, 0.5) is 11.4 Å². The van der Waals surface area contributed by atoms with E-state index in [1.165, 1.54) is 16.6 Å². The lowest BCUT2D eigenvalue weighted by molar-refractivity contribution is -0.114. The van der Waals surface area contributed by atoms with Crippen LogP contribution in [0.15, 0.2) is 54.6 Å². The van der Waals surface area contributed by atoms with Crippen LogP contribution in [-0.4, -0.2) is 48.5 Å². The number of hydrogen-bond acceptors (Lipinski definition) is 4. The number of aromatic nitrogens is 1. The molecular weight excluding hydrogens is 372 g/mol. The summed E-state index contributed by atoms with van der Waals surface area (Å²) in [5, 5.41) is 4.12. The van der Waals surface area contributed by atoms with E-state index in [-0.39, 0.29) is 5.91 Å². The molecule has 4 rings (SSSR count). The number of hydrogen-bond donors (Lipinski definition) is 1. The number of piperazine rings is 1. The normalized spacial score (nSPS) is 15.9. The van der Waals surface area contributed by atoms with Gasteiger partial charge in [-0.05, 0) is 54.8 Å². The lowest BCUT2D eigenvalue weighted by Crippen LogP contribution is -2.47. The fraction of sp³-hybridized carbons (Fsp3) is 0.360. The van der Waals surface area contributed by atoms with Gasteiger partial charge in [0.1, 0.15) is 0 Å². The van der Waals surface area contributed by atoms with Gasteiger partial charge in [-0.1, -0.05) is 25.1 Å². The van der Waals surface area contributed by atoms with Crippen LogP contribution in [0.25, 0.3) is 10.9 Å². The number of pyridine rings is 1. The molecule has 1 saturated heterocycles. The zero-order chi connectivity index (χ0) is 21.1. The van der Waals surface area contributed by atoms with Gasteiger partial charge in [0, 0.05) is 62.1 Å². The Morgan fingerprint density at radius 3 is 2.60 bits per heavy atom. The first kappa shape index (κ1) is 20.4. The molecule has 1 fully saturated rings. The van der Waals surface area contributed by atoms with Gasteiger partial charge in [0.2, 0.25) is 5.91 Å². The molecule has 1 atom stereocenters. The maximum Gasteiger partial charge on any atom is 0.221 e. The number of rotatable bonds is 5. The average Bonchev–Trinajstić information content (AvgIpc) is 2.73. The Morgan fingerprint density at radius 1 is 1.07 bits per heavy atom. The minimum absolute atomic E-state index is 0.0327. The van der Waals surface area contributed by atoms with Crippen LogP contribution in [0.1, 0.15) is 31.0 Å². The number of fused-ring (bicyclic) bond motifs is 1. The number of benzene rings is 2. The van der Waals surface area contributed by atoms with E-state index in [4.69, 9.17) is 0 Å². The van der Waals surface area contributed by atoms with Crippen LogP contribution in [0, 0.1) is 6.92 Å². The molecule has 2 aromatic carbocycles. The van der Waals surface area contributed by atoms with Gasteiger partial charge in [-0.25, -0.2) is 0 Å². The van der Waals surface area contributed by atoms with Crippen molar-refractivity contribution in [2.24, 2.45) is 0 Å². The molecular formula is C25H30N4O. The number of amides is 1. The highest BCUT2D eigenvalue weighted by molar-refractivity contribution is 5.92. The predicted octanol–water partition coefficient (Wildman–Crippen LogP) is 4.43. The molecule has 1 N–H and O–H groups in total. The van der Waals surface area contributed by atoms with Crippen LogP contribution in [0.5, 0.6) is 0 Å². The Bertz CT molecular complexity index is 1040. The van der Waals surface area contributed by atoms with Gasteiger partial charge in [0.15, 0.2) is 0 Å². The van der Waals surface area contributed by atoms with Crippen LogP contribution in [0.2, 0.25) is 0 Å². The van der Waals surface area contributed by atoms with Gasteiger partial charge >= 0.3 is 0 Å². The van der Waals surface area contributed by atoms with Crippen molar-refractivity contribution < 1.29 is 4.79 Å². The highest BCUT2D eigenvalue weighted by Crippen LogP contribution is 2.27. The van der Waals surface area contributed by atoms with Crippen molar-refractivity contribution in [3.8, 4) is 0 Å². The number of carbonyl (C=O) groups excluding carboxylic acids is 1. The molecule has 3 aromatic rings.